The summed E-state index contributed by atoms with van der Waals surface area (Å²) in [4.78, 5) is 22.2. The van der Waals surface area contributed by atoms with Crippen LogP contribution in [0.2, 0.25) is 0 Å². The third-order valence-corrected chi connectivity index (χ3v) is 3.44. The van der Waals surface area contributed by atoms with Gasteiger partial charge in [-0.25, -0.2) is 0 Å². The SMILES string of the molecule is O=C(O)CCCCC(=O)c1cc(Br)cc(Br)c1O. The number of hydrogen-bond donors (Lipinski definition) is 2. The highest BCUT2D eigenvalue weighted by atomic mass is 79.9. The Balaban J connectivity index is 2.64. The average Bonchev–Trinajstić information content (AvgIpc) is 2.28. The molecular formula is C12H12Br2O4. The van der Waals surface area contributed by atoms with Gasteiger partial charge in [0, 0.05) is 17.3 Å². The lowest BCUT2D eigenvalue weighted by Gasteiger charge is -2.06. The van der Waals surface area contributed by atoms with Crippen LogP contribution in [0.15, 0.2) is 21.1 Å². The Morgan fingerprint density at radius 3 is 2.33 bits per heavy atom. The zero-order valence-electron chi connectivity index (χ0n) is 9.45. The number of aliphatic carboxylic acids is 1. The Morgan fingerprint density at radius 2 is 1.72 bits per heavy atom. The number of ketones is 1. The lowest BCUT2D eigenvalue weighted by Crippen LogP contribution is -2.01. The summed E-state index contributed by atoms with van der Waals surface area (Å²) in [6.45, 7) is 0. The maximum Gasteiger partial charge on any atom is 0.303 e. The molecule has 0 saturated heterocycles. The van der Waals surface area contributed by atoms with Gasteiger partial charge in [0.15, 0.2) is 5.78 Å². The van der Waals surface area contributed by atoms with Crippen molar-refractivity contribution < 1.29 is 19.8 Å². The van der Waals surface area contributed by atoms with Gasteiger partial charge in [0.05, 0.1) is 10.0 Å². The number of benzene rings is 1. The quantitative estimate of drug-likeness (QED) is 0.583. The maximum atomic E-state index is 11.9. The van der Waals surface area contributed by atoms with Crippen molar-refractivity contribution >= 4 is 43.6 Å². The highest BCUT2D eigenvalue weighted by Crippen LogP contribution is 2.32. The van der Waals surface area contributed by atoms with Crippen LogP contribution in [0.1, 0.15) is 36.0 Å². The zero-order valence-corrected chi connectivity index (χ0v) is 12.6. The molecule has 0 heterocycles. The predicted octanol–water partition coefficient (Wildman–Crippen LogP) is 3.74. The van der Waals surface area contributed by atoms with E-state index in [2.05, 4.69) is 31.9 Å². The molecule has 1 aromatic carbocycles. The number of aromatic hydroxyl groups is 1. The van der Waals surface area contributed by atoms with Gasteiger partial charge in [0.1, 0.15) is 5.75 Å². The summed E-state index contributed by atoms with van der Waals surface area (Å²) in [5.41, 5.74) is 0.242. The molecule has 4 nitrogen and oxygen atoms in total. The zero-order chi connectivity index (χ0) is 13.7. The first-order chi connectivity index (χ1) is 8.41. The van der Waals surface area contributed by atoms with E-state index in [9.17, 15) is 14.7 Å². The van der Waals surface area contributed by atoms with Gasteiger partial charge in [-0.1, -0.05) is 15.9 Å². The highest BCUT2D eigenvalue weighted by molar-refractivity contribution is 9.11. The number of phenolic OH excluding ortho intramolecular Hbond substituents is 1. The Labute approximate surface area is 121 Å². The second kappa shape index (κ2) is 6.89. The van der Waals surface area contributed by atoms with Crippen molar-refractivity contribution in [1.29, 1.82) is 0 Å². The first-order valence-corrected chi connectivity index (χ1v) is 6.93. The monoisotopic (exact) mass is 378 g/mol. The number of rotatable bonds is 6. The standard InChI is InChI=1S/C12H12Br2O4/c13-7-5-8(12(18)9(14)6-7)10(15)3-1-2-4-11(16)17/h5-6,18H,1-4H2,(H,16,17). The molecule has 6 heteroatoms. The van der Waals surface area contributed by atoms with Gasteiger partial charge in [-0.2, -0.15) is 0 Å². The normalized spacial score (nSPS) is 10.3. The molecule has 2 N–H and O–H groups in total. The van der Waals surface area contributed by atoms with Gasteiger partial charge in [-0.15, -0.1) is 0 Å². The molecule has 1 aromatic rings. The minimum absolute atomic E-state index is 0.0570. The van der Waals surface area contributed by atoms with Gasteiger partial charge in [-0.05, 0) is 40.9 Å². The third-order valence-electron chi connectivity index (χ3n) is 2.37. The summed E-state index contributed by atoms with van der Waals surface area (Å²) in [5.74, 6) is -1.14. The first-order valence-electron chi connectivity index (χ1n) is 5.35. The lowest BCUT2D eigenvalue weighted by atomic mass is 10.0. The van der Waals surface area contributed by atoms with E-state index >= 15 is 0 Å². The average molecular weight is 380 g/mol. The van der Waals surface area contributed by atoms with Crippen molar-refractivity contribution in [2.24, 2.45) is 0 Å². The summed E-state index contributed by atoms with van der Waals surface area (Å²) in [5, 5.41) is 18.2. The maximum absolute atomic E-state index is 11.9. The smallest absolute Gasteiger partial charge is 0.303 e. The van der Waals surface area contributed by atoms with Crippen LogP contribution in [-0.4, -0.2) is 22.0 Å². The van der Waals surface area contributed by atoms with Crippen LogP contribution in [0.4, 0.5) is 0 Å². The number of carbonyl (C=O) groups is 2. The van der Waals surface area contributed by atoms with Crippen molar-refractivity contribution in [3.8, 4) is 5.75 Å². The van der Waals surface area contributed by atoms with E-state index in [1.165, 1.54) is 0 Å². The van der Waals surface area contributed by atoms with Crippen LogP contribution in [0.25, 0.3) is 0 Å². The van der Waals surface area contributed by atoms with Crippen LogP contribution in [-0.2, 0) is 4.79 Å². The molecule has 0 aromatic heterocycles. The minimum Gasteiger partial charge on any atom is -0.506 e. The van der Waals surface area contributed by atoms with Gasteiger partial charge in [0.25, 0.3) is 0 Å². The predicted molar refractivity (Wildman–Crippen MR) is 73.9 cm³/mol. The third kappa shape index (κ3) is 4.42. The van der Waals surface area contributed by atoms with Crippen LogP contribution in [0.3, 0.4) is 0 Å². The van der Waals surface area contributed by atoms with Crippen LogP contribution in [0.5, 0.6) is 5.75 Å². The number of halogens is 2. The number of unbranched alkanes of at least 4 members (excludes halogenated alkanes) is 1. The fourth-order valence-corrected chi connectivity index (χ4v) is 2.70. The van der Waals surface area contributed by atoms with Crippen LogP contribution in [0, 0.1) is 0 Å². The number of phenols is 1. The summed E-state index contributed by atoms with van der Waals surface area (Å²) < 4.78 is 1.15. The Kier molecular flexibility index (Phi) is 5.81. The number of carboxylic acids is 1. The molecule has 0 aliphatic heterocycles. The van der Waals surface area contributed by atoms with E-state index in [0.29, 0.717) is 21.8 Å². The number of carboxylic acid groups (broad SMARTS) is 1. The van der Waals surface area contributed by atoms with Crippen molar-refractivity contribution in [3.05, 3.63) is 26.6 Å². The van der Waals surface area contributed by atoms with Gasteiger partial charge in [-0.3, -0.25) is 9.59 Å². The van der Waals surface area contributed by atoms with Crippen molar-refractivity contribution in [2.45, 2.75) is 25.7 Å². The van der Waals surface area contributed by atoms with E-state index in [-0.39, 0.29) is 29.9 Å². The van der Waals surface area contributed by atoms with E-state index in [1.807, 2.05) is 0 Å². The van der Waals surface area contributed by atoms with E-state index in [0.717, 1.165) is 0 Å². The van der Waals surface area contributed by atoms with Gasteiger partial charge < -0.3 is 10.2 Å². The Morgan fingerprint density at radius 1 is 1.11 bits per heavy atom. The minimum atomic E-state index is -0.865. The summed E-state index contributed by atoms with van der Waals surface area (Å²) in [6.07, 6.45) is 1.23. The number of carbonyl (C=O) groups excluding carboxylic acids is 1. The molecule has 1 rings (SSSR count). The van der Waals surface area contributed by atoms with Crippen molar-refractivity contribution in [2.75, 3.05) is 0 Å². The van der Waals surface area contributed by atoms with Crippen LogP contribution >= 0.6 is 31.9 Å². The molecule has 0 aliphatic carbocycles. The largest absolute Gasteiger partial charge is 0.506 e. The molecular weight excluding hydrogens is 368 g/mol. The van der Waals surface area contributed by atoms with Crippen molar-refractivity contribution in [3.63, 3.8) is 0 Å². The number of hydrogen-bond acceptors (Lipinski definition) is 3. The molecule has 18 heavy (non-hydrogen) atoms. The molecule has 0 bridgehead atoms. The Hall–Kier alpha value is -0.880. The molecule has 0 saturated carbocycles. The summed E-state index contributed by atoms with van der Waals surface area (Å²) in [6, 6.07) is 3.20. The van der Waals surface area contributed by atoms with Gasteiger partial charge in [0.2, 0.25) is 0 Å². The second-order valence-electron chi connectivity index (χ2n) is 3.81. The lowest BCUT2D eigenvalue weighted by molar-refractivity contribution is -0.137. The molecule has 0 radical (unpaired) electrons. The molecule has 0 aliphatic rings. The summed E-state index contributed by atoms with van der Waals surface area (Å²) in [7, 11) is 0. The fraction of sp³-hybridized carbons (Fsp3) is 0.333. The summed E-state index contributed by atoms with van der Waals surface area (Å²) >= 11 is 6.40. The van der Waals surface area contributed by atoms with Crippen molar-refractivity contribution in [1.82, 2.24) is 0 Å². The first kappa shape index (κ1) is 15.2. The topological polar surface area (TPSA) is 74.6 Å². The van der Waals surface area contributed by atoms with E-state index in [1.54, 1.807) is 12.1 Å². The van der Waals surface area contributed by atoms with Crippen LogP contribution < -0.4 is 0 Å². The van der Waals surface area contributed by atoms with E-state index < -0.39 is 5.97 Å². The molecule has 0 fully saturated rings. The van der Waals surface area contributed by atoms with Gasteiger partial charge >= 0.3 is 5.97 Å². The molecule has 0 unspecified atom stereocenters. The number of Topliss-reactive ketones (excluding diaryl/α,β-unsaturated/α-hetero) is 1. The second-order valence-corrected chi connectivity index (χ2v) is 5.58. The fourth-order valence-electron chi connectivity index (χ4n) is 1.47. The molecule has 0 spiro atoms. The molecule has 0 atom stereocenters. The molecule has 0 amide bonds. The van der Waals surface area contributed by atoms with E-state index in [4.69, 9.17) is 5.11 Å². The molecule has 98 valence electrons. The highest BCUT2D eigenvalue weighted by Gasteiger charge is 2.14. The Bertz CT molecular complexity index is 471.